The minimum absolute atomic E-state index is 0.489. The molecule has 3 heteroatoms. The SMILES string of the molecule is O=C(O)c1cccc2c1CCCN2CCC1CC1. The maximum absolute atomic E-state index is 11.2. The van der Waals surface area contributed by atoms with Crippen molar-refractivity contribution in [1.29, 1.82) is 0 Å². The van der Waals surface area contributed by atoms with Crippen molar-refractivity contribution in [3.8, 4) is 0 Å². The molecule has 0 bridgehead atoms. The Morgan fingerprint density at radius 3 is 2.94 bits per heavy atom. The minimum atomic E-state index is -0.795. The summed E-state index contributed by atoms with van der Waals surface area (Å²) in [6.45, 7) is 2.16. The third-order valence-electron chi connectivity index (χ3n) is 4.08. The predicted molar refractivity (Wildman–Crippen MR) is 71.3 cm³/mol. The summed E-state index contributed by atoms with van der Waals surface area (Å²) in [7, 11) is 0. The second kappa shape index (κ2) is 4.63. The Balaban J connectivity index is 1.84. The molecule has 1 aliphatic heterocycles. The van der Waals surface area contributed by atoms with Gasteiger partial charge in [0.15, 0.2) is 0 Å². The van der Waals surface area contributed by atoms with Gasteiger partial charge < -0.3 is 10.0 Å². The number of nitrogens with zero attached hydrogens (tertiary/aromatic N) is 1. The van der Waals surface area contributed by atoms with E-state index in [1.165, 1.54) is 19.3 Å². The molecule has 3 rings (SSSR count). The number of carboxylic acids is 1. The minimum Gasteiger partial charge on any atom is -0.478 e. The first-order valence-corrected chi connectivity index (χ1v) is 6.86. The maximum Gasteiger partial charge on any atom is 0.336 e. The lowest BCUT2D eigenvalue weighted by Gasteiger charge is -2.32. The third kappa shape index (κ3) is 2.22. The summed E-state index contributed by atoms with van der Waals surface area (Å²) in [4.78, 5) is 13.6. The van der Waals surface area contributed by atoms with E-state index in [0.29, 0.717) is 5.56 Å². The predicted octanol–water partition coefficient (Wildman–Crippen LogP) is 2.94. The van der Waals surface area contributed by atoms with Gasteiger partial charge in [-0.15, -0.1) is 0 Å². The van der Waals surface area contributed by atoms with Crippen LogP contribution in [-0.4, -0.2) is 24.2 Å². The average Bonchev–Trinajstić information content (AvgIpc) is 3.19. The Hall–Kier alpha value is -1.51. The fourth-order valence-corrected chi connectivity index (χ4v) is 2.88. The van der Waals surface area contributed by atoms with E-state index >= 15 is 0 Å². The number of anilines is 1. The Bertz CT molecular complexity index is 466. The highest BCUT2D eigenvalue weighted by atomic mass is 16.4. The fourth-order valence-electron chi connectivity index (χ4n) is 2.88. The van der Waals surface area contributed by atoms with Crippen LogP contribution in [0.25, 0.3) is 0 Å². The second-order valence-electron chi connectivity index (χ2n) is 5.43. The molecule has 0 atom stereocenters. The first-order chi connectivity index (χ1) is 8.75. The van der Waals surface area contributed by atoms with E-state index < -0.39 is 5.97 Å². The lowest BCUT2D eigenvalue weighted by Crippen LogP contribution is -2.31. The normalized spacial score (nSPS) is 18.6. The van der Waals surface area contributed by atoms with E-state index in [1.807, 2.05) is 6.07 Å². The van der Waals surface area contributed by atoms with Crippen LogP contribution < -0.4 is 4.90 Å². The van der Waals surface area contributed by atoms with Gasteiger partial charge in [0, 0.05) is 18.8 Å². The molecule has 1 aromatic carbocycles. The van der Waals surface area contributed by atoms with Crippen LogP contribution in [0.4, 0.5) is 5.69 Å². The number of hydrogen-bond acceptors (Lipinski definition) is 2. The highest BCUT2D eigenvalue weighted by Gasteiger charge is 2.25. The van der Waals surface area contributed by atoms with E-state index in [-0.39, 0.29) is 0 Å². The van der Waals surface area contributed by atoms with Crippen molar-refractivity contribution < 1.29 is 9.90 Å². The maximum atomic E-state index is 11.2. The zero-order valence-electron chi connectivity index (χ0n) is 10.6. The van der Waals surface area contributed by atoms with Gasteiger partial charge in [-0.05, 0) is 42.9 Å². The van der Waals surface area contributed by atoms with E-state index in [4.69, 9.17) is 0 Å². The molecule has 3 nitrogen and oxygen atoms in total. The van der Waals surface area contributed by atoms with Crippen LogP contribution in [0.3, 0.4) is 0 Å². The van der Waals surface area contributed by atoms with Gasteiger partial charge in [-0.3, -0.25) is 0 Å². The Morgan fingerprint density at radius 2 is 2.22 bits per heavy atom. The lowest BCUT2D eigenvalue weighted by molar-refractivity contribution is 0.0695. The molecule has 1 fully saturated rings. The van der Waals surface area contributed by atoms with Gasteiger partial charge >= 0.3 is 5.97 Å². The van der Waals surface area contributed by atoms with Crippen LogP contribution in [-0.2, 0) is 6.42 Å². The molecule has 0 radical (unpaired) electrons. The number of benzene rings is 1. The molecule has 0 unspecified atom stereocenters. The molecule has 0 aromatic heterocycles. The number of rotatable bonds is 4. The largest absolute Gasteiger partial charge is 0.478 e. The van der Waals surface area contributed by atoms with Crippen LogP contribution in [0.2, 0.25) is 0 Å². The molecule has 0 spiro atoms. The zero-order valence-corrected chi connectivity index (χ0v) is 10.6. The first kappa shape index (κ1) is 11.6. The first-order valence-electron chi connectivity index (χ1n) is 6.86. The van der Waals surface area contributed by atoms with Crippen molar-refractivity contribution in [2.45, 2.75) is 32.1 Å². The third-order valence-corrected chi connectivity index (χ3v) is 4.08. The van der Waals surface area contributed by atoms with Gasteiger partial charge in [0.1, 0.15) is 0 Å². The van der Waals surface area contributed by atoms with Crippen molar-refractivity contribution in [1.82, 2.24) is 0 Å². The summed E-state index contributed by atoms with van der Waals surface area (Å²) in [6.07, 6.45) is 6.00. The topological polar surface area (TPSA) is 40.5 Å². The highest BCUT2D eigenvalue weighted by molar-refractivity contribution is 5.91. The monoisotopic (exact) mass is 245 g/mol. The highest BCUT2D eigenvalue weighted by Crippen LogP contribution is 2.35. The van der Waals surface area contributed by atoms with Crippen LogP contribution >= 0.6 is 0 Å². The summed E-state index contributed by atoms with van der Waals surface area (Å²) >= 11 is 0. The molecular weight excluding hydrogens is 226 g/mol. The molecule has 18 heavy (non-hydrogen) atoms. The summed E-state index contributed by atoms with van der Waals surface area (Å²) in [5.74, 6) is 0.133. The average molecular weight is 245 g/mol. The second-order valence-corrected chi connectivity index (χ2v) is 5.43. The summed E-state index contributed by atoms with van der Waals surface area (Å²) in [5, 5.41) is 9.24. The molecule has 0 saturated heterocycles. The van der Waals surface area contributed by atoms with Crippen LogP contribution in [0.5, 0.6) is 0 Å². The molecular formula is C15H19NO2. The van der Waals surface area contributed by atoms with Gasteiger partial charge in [0.25, 0.3) is 0 Å². The van der Waals surface area contributed by atoms with Gasteiger partial charge in [-0.25, -0.2) is 4.79 Å². The summed E-state index contributed by atoms with van der Waals surface area (Å²) in [6, 6.07) is 5.68. The molecule has 0 amide bonds. The van der Waals surface area contributed by atoms with E-state index in [1.54, 1.807) is 6.07 Å². The number of carbonyl (C=O) groups is 1. The Labute approximate surface area is 107 Å². The number of fused-ring (bicyclic) bond motifs is 1. The van der Waals surface area contributed by atoms with Crippen molar-refractivity contribution in [2.24, 2.45) is 5.92 Å². The van der Waals surface area contributed by atoms with Crippen molar-refractivity contribution in [3.63, 3.8) is 0 Å². The molecule has 1 saturated carbocycles. The Morgan fingerprint density at radius 1 is 1.39 bits per heavy atom. The number of aromatic carboxylic acids is 1. The van der Waals surface area contributed by atoms with Crippen LogP contribution in [0.1, 0.15) is 41.6 Å². The summed E-state index contributed by atoms with van der Waals surface area (Å²) < 4.78 is 0. The van der Waals surface area contributed by atoms with Gasteiger partial charge in [0.2, 0.25) is 0 Å². The van der Waals surface area contributed by atoms with E-state index in [0.717, 1.165) is 43.1 Å². The van der Waals surface area contributed by atoms with Gasteiger partial charge in [-0.2, -0.15) is 0 Å². The quantitative estimate of drug-likeness (QED) is 0.886. The molecule has 1 heterocycles. The van der Waals surface area contributed by atoms with Gasteiger partial charge in [-0.1, -0.05) is 18.9 Å². The molecule has 1 aliphatic carbocycles. The van der Waals surface area contributed by atoms with Crippen molar-refractivity contribution in [2.75, 3.05) is 18.0 Å². The van der Waals surface area contributed by atoms with E-state index in [9.17, 15) is 9.90 Å². The number of hydrogen-bond donors (Lipinski definition) is 1. The van der Waals surface area contributed by atoms with Crippen LogP contribution in [0, 0.1) is 5.92 Å². The zero-order chi connectivity index (χ0) is 12.5. The summed E-state index contributed by atoms with van der Waals surface area (Å²) in [5.41, 5.74) is 2.68. The standard InChI is InChI=1S/C15H19NO2/c17-15(18)13-3-1-5-14-12(13)4-2-9-16(14)10-8-11-6-7-11/h1,3,5,11H,2,4,6-10H2,(H,17,18). The van der Waals surface area contributed by atoms with Crippen molar-refractivity contribution >= 4 is 11.7 Å². The smallest absolute Gasteiger partial charge is 0.336 e. The molecule has 1 aromatic rings. The van der Waals surface area contributed by atoms with Crippen LogP contribution in [0.15, 0.2) is 18.2 Å². The molecule has 1 N–H and O–H groups in total. The van der Waals surface area contributed by atoms with E-state index in [2.05, 4.69) is 11.0 Å². The lowest BCUT2D eigenvalue weighted by atomic mass is 9.96. The Kier molecular flexibility index (Phi) is 2.98. The number of carboxylic acid groups (broad SMARTS) is 1. The fraction of sp³-hybridized carbons (Fsp3) is 0.533. The van der Waals surface area contributed by atoms with Gasteiger partial charge in [0.05, 0.1) is 5.56 Å². The molecule has 96 valence electrons. The van der Waals surface area contributed by atoms with Crippen molar-refractivity contribution in [3.05, 3.63) is 29.3 Å². The molecule has 2 aliphatic rings.